The highest BCUT2D eigenvalue weighted by Gasteiger charge is 2.38. The Morgan fingerprint density at radius 2 is 2.36 bits per heavy atom. The molecule has 4 heteroatoms. The van der Waals surface area contributed by atoms with Crippen LogP contribution in [0.4, 0.5) is 0 Å². The summed E-state index contributed by atoms with van der Waals surface area (Å²) in [6, 6.07) is 3.46. The molecular formula is C10H14O4. The Hall–Kier alpha value is -0.840. The van der Waals surface area contributed by atoms with Crippen molar-refractivity contribution in [2.75, 3.05) is 6.61 Å². The minimum absolute atomic E-state index is 0.351. The molecule has 0 unspecified atom stereocenters. The van der Waals surface area contributed by atoms with E-state index in [1.807, 2.05) is 13.8 Å². The predicted octanol–water partition coefficient (Wildman–Crippen LogP) is 1.46. The Kier molecular flexibility index (Phi) is 2.34. The van der Waals surface area contributed by atoms with Crippen LogP contribution in [0, 0.1) is 0 Å². The molecule has 0 aromatic carbocycles. The molecule has 2 rings (SSSR count). The summed E-state index contributed by atoms with van der Waals surface area (Å²) in [6.07, 6.45) is 0.419. The van der Waals surface area contributed by atoms with Gasteiger partial charge in [0.2, 0.25) is 0 Å². The summed E-state index contributed by atoms with van der Waals surface area (Å²) in [5.74, 6) is -0.102. The normalized spacial score (nSPS) is 27.8. The molecule has 1 fully saturated rings. The molecule has 78 valence electrons. The number of rotatable bonds is 2. The highest BCUT2D eigenvalue weighted by atomic mass is 16.7. The van der Waals surface area contributed by atoms with Gasteiger partial charge in [0, 0.05) is 0 Å². The maximum absolute atomic E-state index is 9.84. The lowest BCUT2D eigenvalue weighted by atomic mass is 10.2. The van der Waals surface area contributed by atoms with Crippen molar-refractivity contribution in [2.24, 2.45) is 0 Å². The van der Waals surface area contributed by atoms with Gasteiger partial charge in [0.15, 0.2) is 5.79 Å². The summed E-state index contributed by atoms with van der Waals surface area (Å²) >= 11 is 0. The smallest absolute Gasteiger partial charge is 0.163 e. The zero-order valence-electron chi connectivity index (χ0n) is 8.27. The van der Waals surface area contributed by atoms with E-state index in [0.717, 1.165) is 0 Å². The second-order valence-electron chi connectivity index (χ2n) is 3.83. The molecule has 0 bridgehead atoms. The highest BCUT2D eigenvalue weighted by Crippen LogP contribution is 2.30. The van der Waals surface area contributed by atoms with E-state index in [1.165, 1.54) is 6.26 Å². The van der Waals surface area contributed by atoms with Gasteiger partial charge in [-0.25, -0.2) is 0 Å². The molecule has 1 N–H and O–H groups in total. The van der Waals surface area contributed by atoms with E-state index in [0.29, 0.717) is 12.4 Å². The van der Waals surface area contributed by atoms with Gasteiger partial charge in [0.25, 0.3) is 0 Å². The molecule has 0 amide bonds. The van der Waals surface area contributed by atoms with Crippen LogP contribution < -0.4 is 0 Å². The van der Waals surface area contributed by atoms with Crippen LogP contribution in [0.2, 0.25) is 0 Å². The minimum Gasteiger partial charge on any atom is -0.466 e. The molecule has 0 saturated carbocycles. The van der Waals surface area contributed by atoms with Crippen molar-refractivity contribution >= 4 is 0 Å². The summed E-state index contributed by atoms with van der Waals surface area (Å²) < 4.78 is 15.9. The molecule has 0 aliphatic carbocycles. The third kappa shape index (κ3) is 1.82. The molecule has 4 nitrogen and oxygen atoms in total. The van der Waals surface area contributed by atoms with E-state index >= 15 is 0 Å². The first-order chi connectivity index (χ1) is 6.58. The van der Waals surface area contributed by atoms with E-state index < -0.39 is 11.9 Å². The average Bonchev–Trinajstić information content (AvgIpc) is 2.72. The lowest BCUT2D eigenvalue weighted by Crippen LogP contribution is -2.25. The monoisotopic (exact) mass is 198 g/mol. The van der Waals surface area contributed by atoms with Gasteiger partial charge in [-0.2, -0.15) is 0 Å². The topological polar surface area (TPSA) is 51.8 Å². The van der Waals surface area contributed by atoms with E-state index in [9.17, 15) is 5.11 Å². The van der Waals surface area contributed by atoms with Crippen LogP contribution in [0.25, 0.3) is 0 Å². The van der Waals surface area contributed by atoms with Gasteiger partial charge in [-0.1, -0.05) is 0 Å². The van der Waals surface area contributed by atoms with Gasteiger partial charge in [-0.05, 0) is 26.0 Å². The summed E-state index contributed by atoms with van der Waals surface area (Å²) in [5.41, 5.74) is 0. The first-order valence-electron chi connectivity index (χ1n) is 4.62. The van der Waals surface area contributed by atoms with Crippen molar-refractivity contribution in [1.82, 2.24) is 0 Å². The van der Waals surface area contributed by atoms with Crippen molar-refractivity contribution in [1.29, 1.82) is 0 Å². The first kappa shape index (κ1) is 9.71. The fourth-order valence-corrected chi connectivity index (χ4v) is 1.51. The Labute approximate surface area is 82.4 Å². The number of hydrogen-bond donors (Lipinski definition) is 1. The first-order valence-corrected chi connectivity index (χ1v) is 4.62. The highest BCUT2D eigenvalue weighted by molar-refractivity contribution is 5.04. The largest absolute Gasteiger partial charge is 0.466 e. The summed E-state index contributed by atoms with van der Waals surface area (Å²) in [5, 5.41) is 9.84. The third-order valence-electron chi connectivity index (χ3n) is 2.22. The Morgan fingerprint density at radius 3 is 2.86 bits per heavy atom. The number of furan rings is 1. The van der Waals surface area contributed by atoms with Crippen LogP contribution in [0.1, 0.15) is 25.7 Å². The average molecular weight is 198 g/mol. The van der Waals surface area contributed by atoms with E-state index in [1.54, 1.807) is 12.1 Å². The van der Waals surface area contributed by atoms with Gasteiger partial charge in [-0.3, -0.25) is 0 Å². The maximum Gasteiger partial charge on any atom is 0.163 e. The summed E-state index contributed by atoms with van der Waals surface area (Å²) in [4.78, 5) is 0. The molecule has 1 aromatic heterocycles. The molecule has 2 atom stereocenters. The Morgan fingerprint density at radius 1 is 1.57 bits per heavy atom. The number of aliphatic hydroxyl groups is 1. The number of ether oxygens (including phenoxy) is 2. The fraction of sp³-hybridized carbons (Fsp3) is 0.600. The number of hydrogen-bond acceptors (Lipinski definition) is 4. The van der Waals surface area contributed by atoms with Crippen molar-refractivity contribution in [3.63, 3.8) is 0 Å². The van der Waals surface area contributed by atoms with E-state index in [-0.39, 0.29) is 6.10 Å². The summed E-state index contributed by atoms with van der Waals surface area (Å²) in [7, 11) is 0. The van der Waals surface area contributed by atoms with E-state index in [2.05, 4.69) is 0 Å². The zero-order valence-corrected chi connectivity index (χ0v) is 8.27. The molecule has 1 saturated heterocycles. The standard InChI is InChI=1S/C10H14O4/c1-10(2)13-6-8(14-10)9(11)7-4-3-5-12-7/h3-5,8-9,11H,6H2,1-2H3/t8-,9-/m1/s1. The molecular weight excluding hydrogens is 184 g/mol. The van der Waals surface area contributed by atoms with Crippen LogP contribution in [0.3, 0.4) is 0 Å². The third-order valence-corrected chi connectivity index (χ3v) is 2.22. The van der Waals surface area contributed by atoms with Gasteiger partial charge < -0.3 is 19.0 Å². The zero-order chi connectivity index (χ0) is 10.2. The van der Waals surface area contributed by atoms with Gasteiger partial charge in [0.1, 0.15) is 18.0 Å². The molecule has 0 radical (unpaired) electrons. The Bertz CT molecular complexity index is 291. The van der Waals surface area contributed by atoms with Crippen molar-refractivity contribution in [2.45, 2.75) is 31.8 Å². The molecule has 0 spiro atoms. The lowest BCUT2D eigenvalue weighted by molar-refractivity contribution is -0.152. The second-order valence-corrected chi connectivity index (χ2v) is 3.83. The Balaban J connectivity index is 2.04. The lowest BCUT2D eigenvalue weighted by Gasteiger charge is -2.19. The molecule has 1 aliphatic rings. The number of aliphatic hydroxyl groups excluding tert-OH is 1. The molecule has 1 aromatic rings. The fourth-order valence-electron chi connectivity index (χ4n) is 1.51. The van der Waals surface area contributed by atoms with E-state index in [4.69, 9.17) is 13.9 Å². The van der Waals surface area contributed by atoms with Crippen LogP contribution in [-0.4, -0.2) is 23.6 Å². The van der Waals surface area contributed by atoms with Crippen molar-refractivity contribution < 1.29 is 19.0 Å². The molecule has 2 heterocycles. The predicted molar refractivity (Wildman–Crippen MR) is 48.6 cm³/mol. The summed E-state index contributed by atoms with van der Waals surface area (Å²) in [6.45, 7) is 4.03. The van der Waals surface area contributed by atoms with Crippen molar-refractivity contribution in [3.8, 4) is 0 Å². The van der Waals surface area contributed by atoms with Crippen LogP contribution in [0.15, 0.2) is 22.8 Å². The second kappa shape index (κ2) is 3.38. The minimum atomic E-state index is -0.758. The maximum atomic E-state index is 9.84. The van der Waals surface area contributed by atoms with Gasteiger partial charge in [-0.15, -0.1) is 0 Å². The van der Waals surface area contributed by atoms with Crippen molar-refractivity contribution in [3.05, 3.63) is 24.2 Å². The van der Waals surface area contributed by atoms with Crippen LogP contribution in [0.5, 0.6) is 0 Å². The molecule has 1 aliphatic heterocycles. The van der Waals surface area contributed by atoms with Crippen LogP contribution in [-0.2, 0) is 9.47 Å². The quantitative estimate of drug-likeness (QED) is 0.781. The molecule has 14 heavy (non-hydrogen) atoms. The van der Waals surface area contributed by atoms with Gasteiger partial charge >= 0.3 is 0 Å². The SMILES string of the molecule is CC1(C)OC[C@H]([C@H](O)c2ccco2)O1. The van der Waals surface area contributed by atoms with Crippen LogP contribution >= 0.6 is 0 Å². The van der Waals surface area contributed by atoms with Gasteiger partial charge in [0.05, 0.1) is 12.9 Å².